The van der Waals surface area contributed by atoms with E-state index in [-0.39, 0.29) is 30.2 Å². The summed E-state index contributed by atoms with van der Waals surface area (Å²) in [5, 5.41) is 5.93. The summed E-state index contributed by atoms with van der Waals surface area (Å²) in [6.45, 7) is 11.8. The second-order valence-corrected chi connectivity index (χ2v) is 12.4. The number of rotatable bonds is 10. The maximum Gasteiger partial charge on any atom is 0.408 e. The summed E-state index contributed by atoms with van der Waals surface area (Å²) < 4.78 is 5.54. The Morgan fingerprint density at radius 2 is 1.45 bits per heavy atom. The second kappa shape index (κ2) is 13.2. The Hall–Kier alpha value is -4.13. The number of amides is 3. The zero-order valence-electron chi connectivity index (χ0n) is 25.5. The van der Waals surface area contributed by atoms with E-state index in [0.29, 0.717) is 6.54 Å². The number of ether oxygens (including phenoxy) is 1. The van der Waals surface area contributed by atoms with Gasteiger partial charge < -0.3 is 20.3 Å². The molecular weight excluding hydrogens is 526 g/mol. The minimum atomic E-state index is -0.926. The molecule has 3 aromatic carbocycles. The quantitative estimate of drug-likeness (QED) is 0.312. The molecule has 0 aromatic heterocycles. The van der Waals surface area contributed by atoms with Gasteiger partial charge in [0.2, 0.25) is 11.8 Å². The van der Waals surface area contributed by atoms with Gasteiger partial charge >= 0.3 is 6.09 Å². The molecule has 0 heterocycles. The summed E-state index contributed by atoms with van der Waals surface area (Å²) in [5.74, 6) is -0.340. The molecule has 4 atom stereocenters. The molecule has 1 aliphatic rings. The molecule has 42 heavy (non-hydrogen) atoms. The van der Waals surface area contributed by atoms with Crippen molar-refractivity contribution in [1.82, 2.24) is 15.5 Å². The predicted molar refractivity (Wildman–Crippen MR) is 165 cm³/mol. The van der Waals surface area contributed by atoms with Crippen molar-refractivity contribution in [3.8, 4) is 0 Å². The van der Waals surface area contributed by atoms with E-state index in [0.717, 1.165) is 34.2 Å². The lowest BCUT2D eigenvalue weighted by Gasteiger charge is -2.35. The molecule has 1 fully saturated rings. The van der Waals surface area contributed by atoms with E-state index >= 15 is 0 Å². The molecule has 222 valence electrons. The Morgan fingerprint density at radius 1 is 0.905 bits per heavy atom. The summed E-state index contributed by atoms with van der Waals surface area (Å²) >= 11 is 0. The Bertz CT molecular complexity index is 1360. The maximum absolute atomic E-state index is 14.6. The average Bonchev–Trinajstić information content (AvgIpc) is 3.64. The van der Waals surface area contributed by atoms with Crippen LogP contribution in [-0.4, -0.2) is 40.5 Å². The first-order chi connectivity index (χ1) is 19.9. The van der Waals surface area contributed by atoms with Crippen molar-refractivity contribution in [2.24, 2.45) is 5.92 Å². The number of aryl methyl sites for hydroxylation is 2. The number of benzene rings is 3. The Kier molecular flexibility index (Phi) is 9.71. The minimum absolute atomic E-state index is 0.135. The highest BCUT2D eigenvalue weighted by molar-refractivity contribution is 5.93. The lowest BCUT2D eigenvalue weighted by molar-refractivity contribution is -0.143. The smallest absolute Gasteiger partial charge is 0.408 e. The highest BCUT2D eigenvalue weighted by Crippen LogP contribution is 2.41. The Balaban J connectivity index is 1.73. The number of nitrogens with one attached hydrogen (secondary N) is 2. The highest BCUT2D eigenvalue weighted by Gasteiger charge is 2.48. The average molecular weight is 570 g/mol. The monoisotopic (exact) mass is 569 g/mol. The van der Waals surface area contributed by atoms with Gasteiger partial charge in [-0.1, -0.05) is 96.9 Å². The molecule has 4 unspecified atom stereocenters. The van der Waals surface area contributed by atoms with Gasteiger partial charge in [-0.2, -0.15) is 0 Å². The van der Waals surface area contributed by atoms with Gasteiger partial charge in [0.25, 0.3) is 0 Å². The van der Waals surface area contributed by atoms with Crippen molar-refractivity contribution in [1.29, 1.82) is 0 Å². The van der Waals surface area contributed by atoms with Gasteiger partial charge in [0, 0.05) is 19.0 Å². The molecule has 0 aliphatic heterocycles. The van der Waals surface area contributed by atoms with Gasteiger partial charge in [-0.25, -0.2) is 4.79 Å². The number of nitrogens with zero attached hydrogens (tertiary/aromatic N) is 1. The molecule has 3 amide bonds. The second-order valence-electron chi connectivity index (χ2n) is 12.4. The van der Waals surface area contributed by atoms with Crippen molar-refractivity contribution in [3.05, 3.63) is 107 Å². The number of hydrogen-bond acceptors (Lipinski definition) is 4. The summed E-state index contributed by atoms with van der Waals surface area (Å²) in [7, 11) is 0. The molecule has 0 radical (unpaired) electrons. The standard InChI is InChI=1S/C35H43N3O4/c1-23-17-24(2)19-28(18-23)31(32(39)36-22-27-15-11-8-12-16-27)38(30-20-25(30)3)33(40)29(21-26-13-9-7-10-14-26)37-34(41)42-35(4,5)6/h7-19,25,29-31H,20-22H2,1-6H3,(H,36,39)(H,37,41). The molecule has 1 aliphatic carbocycles. The van der Waals surface area contributed by atoms with Crippen LogP contribution in [0.5, 0.6) is 0 Å². The fraction of sp³-hybridized carbons (Fsp3) is 0.400. The number of carbonyl (C=O) groups is 3. The topological polar surface area (TPSA) is 87.7 Å². The summed E-state index contributed by atoms with van der Waals surface area (Å²) in [4.78, 5) is 43.4. The van der Waals surface area contributed by atoms with E-state index in [1.807, 2.05) is 86.6 Å². The molecule has 0 saturated heterocycles. The molecule has 0 spiro atoms. The van der Waals surface area contributed by atoms with Crippen molar-refractivity contribution in [3.63, 3.8) is 0 Å². The molecule has 4 rings (SSSR count). The third-order valence-corrected chi connectivity index (χ3v) is 7.35. The molecular formula is C35H43N3O4. The SMILES string of the molecule is Cc1cc(C)cc(C(C(=O)NCc2ccccc2)N(C(=O)C(Cc2ccccc2)NC(=O)OC(C)(C)C)C2CC2C)c1. The van der Waals surface area contributed by atoms with Crippen LogP contribution in [0.25, 0.3) is 0 Å². The molecule has 2 N–H and O–H groups in total. The first kappa shape index (κ1) is 30.8. The van der Waals surface area contributed by atoms with E-state index in [2.05, 4.69) is 23.6 Å². The largest absolute Gasteiger partial charge is 0.444 e. The van der Waals surface area contributed by atoms with Crippen molar-refractivity contribution < 1.29 is 19.1 Å². The van der Waals surface area contributed by atoms with Crippen LogP contribution in [0.4, 0.5) is 4.79 Å². The molecule has 0 bridgehead atoms. The van der Waals surface area contributed by atoms with Gasteiger partial charge in [-0.3, -0.25) is 9.59 Å². The van der Waals surface area contributed by atoms with Gasteiger partial charge in [0.05, 0.1) is 0 Å². The van der Waals surface area contributed by atoms with Crippen LogP contribution in [0, 0.1) is 19.8 Å². The van der Waals surface area contributed by atoms with E-state index in [1.165, 1.54) is 0 Å². The van der Waals surface area contributed by atoms with E-state index in [1.54, 1.807) is 25.7 Å². The molecule has 7 nitrogen and oxygen atoms in total. The van der Waals surface area contributed by atoms with Crippen LogP contribution in [0.3, 0.4) is 0 Å². The third kappa shape index (κ3) is 8.44. The van der Waals surface area contributed by atoms with Crippen LogP contribution < -0.4 is 10.6 Å². The molecule has 7 heteroatoms. The van der Waals surface area contributed by atoms with E-state index in [9.17, 15) is 14.4 Å². The van der Waals surface area contributed by atoms with E-state index < -0.39 is 23.8 Å². The molecule has 3 aromatic rings. The number of carbonyl (C=O) groups excluding carboxylic acids is 3. The third-order valence-electron chi connectivity index (χ3n) is 7.35. The van der Waals surface area contributed by atoms with Crippen LogP contribution >= 0.6 is 0 Å². The van der Waals surface area contributed by atoms with Crippen molar-refractivity contribution in [2.75, 3.05) is 0 Å². The van der Waals surface area contributed by atoms with Crippen molar-refractivity contribution >= 4 is 17.9 Å². The van der Waals surface area contributed by atoms with Crippen LogP contribution in [0.15, 0.2) is 78.9 Å². The number of alkyl carbamates (subject to hydrolysis) is 1. The lowest BCUT2D eigenvalue weighted by Crippen LogP contribution is -2.54. The normalized spacial score (nSPS) is 17.5. The summed E-state index contributed by atoms with van der Waals surface area (Å²) in [6.07, 6.45) is 0.377. The fourth-order valence-electron chi connectivity index (χ4n) is 5.34. The minimum Gasteiger partial charge on any atom is -0.444 e. The lowest BCUT2D eigenvalue weighted by atomic mass is 9.97. The molecule has 1 saturated carbocycles. The van der Waals surface area contributed by atoms with Gasteiger partial charge in [0.15, 0.2) is 0 Å². The van der Waals surface area contributed by atoms with Gasteiger partial charge in [0.1, 0.15) is 17.7 Å². The van der Waals surface area contributed by atoms with Gasteiger partial charge in [-0.05, 0) is 63.6 Å². The first-order valence-electron chi connectivity index (χ1n) is 14.7. The van der Waals surface area contributed by atoms with Crippen molar-refractivity contribution in [2.45, 2.75) is 84.7 Å². The van der Waals surface area contributed by atoms with Crippen LogP contribution in [0.2, 0.25) is 0 Å². The van der Waals surface area contributed by atoms with Crippen LogP contribution in [-0.2, 0) is 27.3 Å². The summed E-state index contributed by atoms with van der Waals surface area (Å²) in [5.41, 5.74) is 3.91. The first-order valence-corrected chi connectivity index (χ1v) is 14.7. The fourth-order valence-corrected chi connectivity index (χ4v) is 5.34. The number of hydrogen-bond donors (Lipinski definition) is 2. The zero-order chi connectivity index (χ0) is 30.4. The highest BCUT2D eigenvalue weighted by atomic mass is 16.6. The van der Waals surface area contributed by atoms with Gasteiger partial charge in [-0.15, -0.1) is 0 Å². The van der Waals surface area contributed by atoms with E-state index in [4.69, 9.17) is 4.74 Å². The Morgan fingerprint density at radius 3 is 1.98 bits per heavy atom. The predicted octanol–water partition coefficient (Wildman–Crippen LogP) is 6.03. The summed E-state index contributed by atoms with van der Waals surface area (Å²) in [6, 6.07) is 23.3. The van der Waals surface area contributed by atoms with Crippen LogP contribution in [0.1, 0.15) is 68.0 Å². The maximum atomic E-state index is 14.6. The Labute approximate surface area is 249 Å². The zero-order valence-corrected chi connectivity index (χ0v) is 25.5.